The quantitative estimate of drug-likeness (QED) is 0.464. The predicted molar refractivity (Wildman–Crippen MR) is 38.1 cm³/mol. The van der Waals surface area contributed by atoms with Gasteiger partial charge in [-0.3, -0.25) is 9.59 Å². The normalized spacial score (nSPS) is 9.18. The maximum Gasteiger partial charge on any atom is 0.323 e. The van der Waals surface area contributed by atoms with Crippen molar-refractivity contribution in [2.75, 3.05) is 6.16 Å². The lowest BCUT2D eigenvalue weighted by molar-refractivity contribution is -0.135. The Morgan fingerprint density at radius 3 is 2.09 bits per heavy atom. The zero-order valence-corrected chi connectivity index (χ0v) is 7.10. The van der Waals surface area contributed by atoms with Gasteiger partial charge in [-0.2, -0.15) is 0 Å². The molecule has 0 aliphatic rings. The van der Waals surface area contributed by atoms with E-state index in [1.807, 2.05) is 0 Å². The Balaban J connectivity index is 3.93. The average molecular weight is 176 g/mol. The molecule has 0 aliphatic carbocycles. The highest BCUT2D eigenvalue weighted by molar-refractivity contribution is 7.32. The largest absolute Gasteiger partial charge is 0.323 e. The Morgan fingerprint density at radius 1 is 1.18 bits per heavy atom. The first-order valence-electron chi connectivity index (χ1n) is 3.25. The average Bonchev–Trinajstić information content (AvgIpc) is 1.86. The zero-order valence-electron chi connectivity index (χ0n) is 6.20. The van der Waals surface area contributed by atoms with Crippen LogP contribution < -0.4 is 0 Å². The molecule has 62 valence electrons. The van der Waals surface area contributed by atoms with Crippen molar-refractivity contribution in [3.63, 3.8) is 0 Å². The second-order valence-electron chi connectivity index (χ2n) is 2.09. The standard InChI is InChI=1S/C6H9O4P/c1-2-3-5(7)6(8)4-11(9)10/h2-4H2,1H3. The summed E-state index contributed by atoms with van der Waals surface area (Å²) in [5, 5.41) is 0. The monoisotopic (exact) mass is 176 g/mol. The van der Waals surface area contributed by atoms with Gasteiger partial charge in [-0.05, 0) is 6.42 Å². The van der Waals surface area contributed by atoms with Crippen LogP contribution >= 0.6 is 7.68 Å². The van der Waals surface area contributed by atoms with Crippen LogP contribution in [0.5, 0.6) is 0 Å². The molecule has 0 aromatic rings. The van der Waals surface area contributed by atoms with E-state index in [0.29, 0.717) is 6.42 Å². The van der Waals surface area contributed by atoms with Gasteiger partial charge in [0.05, 0.1) is 0 Å². The molecule has 0 atom stereocenters. The van der Waals surface area contributed by atoms with Gasteiger partial charge in [0.25, 0.3) is 0 Å². The molecule has 0 rings (SSSR count). The number of hydrogen-bond donors (Lipinski definition) is 0. The number of Topliss-reactive ketones (excluding diaryl/α,β-unsaturated/α-hetero) is 2. The van der Waals surface area contributed by atoms with Crippen LogP contribution in [-0.4, -0.2) is 17.7 Å². The summed E-state index contributed by atoms with van der Waals surface area (Å²) >= 11 is 0. The Hall–Kier alpha value is -0.760. The third kappa shape index (κ3) is 4.62. The molecular weight excluding hydrogens is 167 g/mol. The van der Waals surface area contributed by atoms with Gasteiger partial charge in [0.1, 0.15) is 6.16 Å². The molecule has 0 aliphatic heterocycles. The number of ketones is 2. The van der Waals surface area contributed by atoms with E-state index < -0.39 is 25.4 Å². The van der Waals surface area contributed by atoms with Crippen molar-refractivity contribution in [2.24, 2.45) is 0 Å². The van der Waals surface area contributed by atoms with E-state index in [1.54, 1.807) is 6.92 Å². The zero-order chi connectivity index (χ0) is 8.85. The number of carbonyl (C=O) groups excluding carboxylic acids is 2. The Bertz CT molecular complexity index is 221. The highest BCUT2D eigenvalue weighted by Crippen LogP contribution is 2.03. The smallest absolute Gasteiger partial charge is 0.291 e. The minimum Gasteiger partial charge on any atom is -0.291 e. The van der Waals surface area contributed by atoms with Crippen molar-refractivity contribution in [1.82, 2.24) is 0 Å². The molecule has 0 spiro atoms. The first-order chi connectivity index (χ1) is 5.07. The Kier molecular flexibility index (Phi) is 4.62. The van der Waals surface area contributed by atoms with Crippen LogP contribution in [-0.2, 0) is 18.7 Å². The summed E-state index contributed by atoms with van der Waals surface area (Å²) < 4.78 is 20.0. The second-order valence-corrected chi connectivity index (χ2v) is 3.07. The van der Waals surface area contributed by atoms with E-state index in [2.05, 4.69) is 0 Å². The minimum absolute atomic E-state index is 0.141. The van der Waals surface area contributed by atoms with Gasteiger partial charge in [0.15, 0.2) is 5.78 Å². The maximum atomic E-state index is 10.7. The molecule has 0 bridgehead atoms. The lowest BCUT2D eigenvalue weighted by atomic mass is 10.2. The molecule has 0 fully saturated rings. The summed E-state index contributed by atoms with van der Waals surface area (Å²) in [7, 11) is -2.75. The first kappa shape index (κ1) is 10.2. The molecule has 0 saturated carbocycles. The molecular formula is C6H9O4P. The fraction of sp³-hybridized carbons (Fsp3) is 0.667. The van der Waals surface area contributed by atoms with Gasteiger partial charge < -0.3 is 0 Å². The van der Waals surface area contributed by atoms with Crippen LogP contribution in [0.3, 0.4) is 0 Å². The fourth-order valence-corrected chi connectivity index (χ4v) is 0.983. The van der Waals surface area contributed by atoms with E-state index in [-0.39, 0.29) is 6.42 Å². The van der Waals surface area contributed by atoms with Crippen molar-refractivity contribution >= 4 is 19.2 Å². The minimum atomic E-state index is -2.75. The number of hydrogen-bond acceptors (Lipinski definition) is 4. The Labute approximate surface area is 64.8 Å². The van der Waals surface area contributed by atoms with Crippen molar-refractivity contribution in [3.8, 4) is 0 Å². The summed E-state index contributed by atoms with van der Waals surface area (Å²) in [6.07, 6.45) is 0.0659. The molecule has 11 heavy (non-hydrogen) atoms. The van der Waals surface area contributed by atoms with E-state index in [1.165, 1.54) is 0 Å². The third-order valence-corrected chi connectivity index (χ3v) is 1.61. The third-order valence-electron chi connectivity index (χ3n) is 1.06. The van der Waals surface area contributed by atoms with Gasteiger partial charge in [0, 0.05) is 6.42 Å². The van der Waals surface area contributed by atoms with Crippen molar-refractivity contribution < 1.29 is 18.7 Å². The molecule has 4 nitrogen and oxygen atoms in total. The highest BCUT2D eigenvalue weighted by Gasteiger charge is 2.13. The van der Waals surface area contributed by atoms with Gasteiger partial charge in [-0.25, -0.2) is 9.13 Å². The molecule has 0 N–H and O–H groups in total. The van der Waals surface area contributed by atoms with Crippen LogP contribution in [0, 0.1) is 0 Å². The first-order valence-corrected chi connectivity index (χ1v) is 4.62. The fourth-order valence-electron chi connectivity index (χ4n) is 0.572. The SMILES string of the molecule is CCCC(=O)C(=O)CP(=O)=O. The predicted octanol–water partition coefficient (Wildman–Crippen LogP) is 1.10. The summed E-state index contributed by atoms with van der Waals surface area (Å²) in [5.41, 5.74) is 0. The van der Waals surface area contributed by atoms with E-state index in [9.17, 15) is 18.7 Å². The highest BCUT2D eigenvalue weighted by atomic mass is 31.1. The van der Waals surface area contributed by atoms with Crippen LogP contribution in [0.1, 0.15) is 19.8 Å². The Morgan fingerprint density at radius 2 is 1.73 bits per heavy atom. The summed E-state index contributed by atoms with van der Waals surface area (Å²) in [5.74, 6) is -1.39. The van der Waals surface area contributed by atoms with Crippen molar-refractivity contribution in [3.05, 3.63) is 0 Å². The maximum absolute atomic E-state index is 10.7. The lowest BCUT2D eigenvalue weighted by Crippen LogP contribution is -2.14. The van der Waals surface area contributed by atoms with Gasteiger partial charge in [-0.1, -0.05) is 6.92 Å². The topological polar surface area (TPSA) is 68.3 Å². The molecule has 0 amide bonds. The molecule has 0 unspecified atom stereocenters. The van der Waals surface area contributed by atoms with Gasteiger partial charge in [0.2, 0.25) is 5.78 Å². The van der Waals surface area contributed by atoms with Crippen LogP contribution in [0.15, 0.2) is 0 Å². The van der Waals surface area contributed by atoms with E-state index in [4.69, 9.17) is 0 Å². The van der Waals surface area contributed by atoms with Gasteiger partial charge in [-0.15, -0.1) is 0 Å². The lowest BCUT2D eigenvalue weighted by Gasteiger charge is -1.90. The van der Waals surface area contributed by atoms with E-state index in [0.717, 1.165) is 0 Å². The molecule has 0 radical (unpaired) electrons. The van der Waals surface area contributed by atoms with Crippen LogP contribution in [0.4, 0.5) is 0 Å². The molecule has 0 saturated heterocycles. The molecule has 5 heteroatoms. The number of carbonyl (C=O) groups is 2. The summed E-state index contributed by atoms with van der Waals surface area (Å²) in [4.78, 5) is 21.3. The molecule has 0 aromatic carbocycles. The molecule has 0 aromatic heterocycles. The summed E-state index contributed by atoms with van der Waals surface area (Å²) in [6.45, 7) is 1.75. The van der Waals surface area contributed by atoms with Crippen LogP contribution in [0.25, 0.3) is 0 Å². The second kappa shape index (κ2) is 4.97. The van der Waals surface area contributed by atoms with Gasteiger partial charge >= 0.3 is 7.68 Å². The van der Waals surface area contributed by atoms with Crippen LogP contribution in [0.2, 0.25) is 0 Å². The number of rotatable bonds is 5. The van der Waals surface area contributed by atoms with Crippen molar-refractivity contribution in [1.29, 1.82) is 0 Å². The summed E-state index contributed by atoms with van der Waals surface area (Å²) in [6, 6.07) is 0. The van der Waals surface area contributed by atoms with E-state index >= 15 is 0 Å². The molecule has 0 heterocycles. The van der Waals surface area contributed by atoms with Crippen molar-refractivity contribution in [2.45, 2.75) is 19.8 Å².